The van der Waals surface area contributed by atoms with Gasteiger partial charge in [0.05, 0.1) is 5.75 Å². The van der Waals surface area contributed by atoms with Crippen LogP contribution in [0.5, 0.6) is 11.5 Å². The third-order valence-electron chi connectivity index (χ3n) is 5.82. The highest BCUT2D eigenvalue weighted by atomic mass is 32.2. The van der Waals surface area contributed by atoms with Crippen LogP contribution < -0.4 is 9.47 Å². The number of hydrogen-bond donors (Lipinski definition) is 0. The summed E-state index contributed by atoms with van der Waals surface area (Å²) in [5.74, 6) is 3.69. The first-order valence-corrected chi connectivity index (χ1v) is 11.9. The normalized spacial score (nSPS) is 19.9. The molecule has 2 aromatic carbocycles. The van der Waals surface area contributed by atoms with Gasteiger partial charge >= 0.3 is 0 Å². The minimum atomic E-state index is 0.153. The Morgan fingerprint density at radius 3 is 2.56 bits per heavy atom. The number of carbonyl (C=O) groups excluding carboxylic acids is 1. The highest BCUT2D eigenvalue weighted by Crippen LogP contribution is 2.37. The molecule has 8 heteroatoms. The molecule has 32 heavy (non-hydrogen) atoms. The number of thioether (sulfide) groups is 1. The summed E-state index contributed by atoms with van der Waals surface area (Å²) in [6.07, 6.45) is 1.18. The van der Waals surface area contributed by atoms with Gasteiger partial charge in [0.2, 0.25) is 12.7 Å². The molecule has 0 saturated carbocycles. The van der Waals surface area contributed by atoms with Gasteiger partial charge in [-0.05, 0) is 48.6 Å². The third-order valence-corrected chi connectivity index (χ3v) is 6.74. The van der Waals surface area contributed by atoms with Crippen LogP contribution in [0, 0.1) is 11.8 Å². The second-order valence-electron chi connectivity index (χ2n) is 8.58. The molecule has 2 atom stereocenters. The number of aromatic nitrogens is 3. The van der Waals surface area contributed by atoms with Crippen LogP contribution in [-0.2, 0) is 4.79 Å². The van der Waals surface area contributed by atoms with E-state index in [9.17, 15) is 4.79 Å². The van der Waals surface area contributed by atoms with Gasteiger partial charge in [-0.2, -0.15) is 0 Å². The molecule has 1 amide bonds. The van der Waals surface area contributed by atoms with E-state index in [-0.39, 0.29) is 12.7 Å². The van der Waals surface area contributed by atoms with Gasteiger partial charge in [-0.15, -0.1) is 10.2 Å². The SMILES string of the molecule is C[C@@H]1C[C@H](C)CN(C(=O)CSc2nnc(-c3ccc4c(c3)OCO4)n2-c2ccccc2)C1. The Morgan fingerprint density at radius 1 is 1.03 bits per heavy atom. The van der Waals surface area contributed by atoms with E-state index in [1.807, 2.05) is 58.0 Å². The van der Waals surface area contributed by atoms with Crippen LogP contribution in [-0.4, -0.2) is 51.2 Å². The molecule has 3 heterocycles. The van der Waals surface area contributed by atoms with Crippen molar-refractivity contribution in [3.8, 4) is 28.6 Å². The van der Waals surface area contributed by atoms with E-state index in [1.54, 1.807) is 0 Å². The van der Waals surface area contributed by atoms with Crippen LogP contribution >= 0.6 is 11.8 Å². The zero-order valence-corrected chi connectivity index (χ0v) is 19.0. The molecule has 5 rings (SSSR count). The Kier molecular flexibility index (Phi) is 5.78. The predicted octanol–water partition coefficient (Wildman–Crippen LogP) is 4.26. The van der Waals surface area contributed by atoms with Crippen LogP contribution in [0.1, 0.15) is 20.3 Å². The van der Waals surface area contributed by atoms with Crippen molar-refractivity contribution in [3.05, 3.63) is 48.5 Å². The second kappa shape index (κ2) is 8.86. The number of amides is 1. The van der Waals surface area contributed by atoms with Gasteiger partial charge in [0, 0.05) is 24.3 Å². The van der Waals surface area contributed by atoms with Crippen LogP contribution in [0.4, 0.5) is 0 Å². The maximum absolute atomic E-state index is 12.9. The molecule has 0 spiro atoms. The molecule has 166 valence electrons. The monoisotopic (exact) mass is 450 g/mol. The number of fused-ring (bicyclic) bond motifs is 1. The quantitative estimate of drug-likeness (QED) is 0.541. The summed E-state index contributed by atoms with van der Waals surface area (Å²) in [6, 6.07) is 15.7. The van der Waals surface area contributed by atoms with Crippen LogP contribution in [0.2, 0.25) is 0 Å². The largest absolute Gasteiger partial charge is 0.454 e. The molecule has 0 unspecified atom stereocenters. The molecule has 0 radical (unpaired) electrons. The van der Waals surface area contributed by atoms with Crippen molar-refractivity contribution in [1.82, 2.24) is 19.7 Å². The number of rotatable bonds is 5. The Hall–Kier alpha value is -3.00. The lowest BCUT2D eigenvalue weighted by atomic mass is 9.92. The van der Waals surface area contributed by atoms with Crippen LogP contribution in [0.25, 0.3) is 17.1 Å². The van der Waals surface area contributed by atoms with E-state index >= 15 is 0 Å². The molecule has 7 nitrogen and oxygen atoms in total. The summed E-state index contributed by atoms with van der Waals surface area (Å²) in [6.45, 7) is 6.32. The average molecular weight is 451 g/mol. The average Bonchev–Trinajstić information content (AvgIpc) is 3.43. The lowest BCUT2D eigenvalue weighted by molar-refractivity contribution is -0.130. The maximum atomic E-state index is 12.9. The smallest absolute Gasteiger partial charge is 0.233 e. The number of para-hydroxylation sites is 1. The van der Waals surface area contributed by atoms with Gasteiger partial charge in [0.1, 0.15) is 0 Å². The molecule has 1 fully saturated rings. The molecule has 0 bridgehead atoms. The van der Waals surface area contributed by atoms with Gasteiger partial charge in [-0.25, -0.2) is 0 Å². The van der Waals surface area contributed by atoms with E-state index in [0.717, 1.165) is 30.1 Å². The summed E-state index contributed by atoms with van der Waals surface area (Å²) in [4.78, 5) is 14.9. The summed E-state index contributed by atoms with van der Waals surface area (Å²) in [5.41, 5.74) is 1.82. The van der Waals surface area contributed by atoms with Crippen molar-refractivity contribution in [2.75, 3.05) is 25.6 Å². The standard InChI is InChI=1S/C24H26N4O3S/c1-16-10-17(2)13-27(12-16)22(29)14-32-24-26-25-23(28(24)19-6-4-3-5-7-19)18-8-9-20-21(11-18)31-15-30-20/h3-9,11,16-17H,10,12-15H2,1-2H3/t16-,17+. The molecule has 3 aromatic rings. The number of carbonyl (C=O) groups is 1. The lowest BCUT2D eigenvalue weighted by Crippen LogP contribution is -2.43. The number of likely N-dealkylation sites (tertiary alicyclic amines) is 1. The fraction of sp³-hybridized carbons (Fsp3) is 0.375. The van der Waals surface area contributed by atoms with Gasteiger partial charge in [-0.3, -0.25) is 9.36 Å². The molecular formula is C24H26N4O3S. The Labute approximate surface area is 191 Å². The third kappa shape index (κ3) is 4.19. The van der Waals surface area contributed by atoms with E-state index < -0.39 is 0 Å². The summed E-state index contributed by atoms with van der Waals surface area (Å²) in [7, 11) is 0. The topological polar surface area (TPSA) is 69.5 Å². The minimum absolute atomic E-state index is 0.153. The minimum Gasteiger partial charge on any atom is -0.454 e. The molecule has 2 aliphatic rings. The van der Waals surface area contributed by atoms with E-state index in [1.165, 1.54) is 18.2 Å². The lowest BCUT2D eigenvalue weighted by Gasteiger charge is -2.34. The first-order chi connectivity index (χ1) is 15.6. The Balaban J connectivity index is 1.42. The number of piperidine rings is 1. The highest BCUT2D eigenvalue weighted by molar-refractivity contribution is 7.99. The number of hydrogen-bond acceptors (Lipinski definition) is 6. The molecule has 2 aliphatic heterocycles. The van der Waals surface area contributed by atoms with Gasteiger partial charge in [-0.1, -0.05) is 43.8 Å². The first kappa shape index (κ1) is 20.9. The highest BCUT2D eigenvalue weighted by Gasteiger charge is 2.26. The summed E-state index contributed by atoms with van der Waals surface area (Å²) in [5, 5.41) is 9.61. The molecule has 0 N–H and O–H groups in total. The molecule has 1 saturated heterocycles. The summed E-state index contributed by atoms with van der Waals surface area (Å²) < 4.78 is 13.0. The molecular weight excluding hydrogens is 424 g/mol. The Bertz CT molecular complexity index is 1110. The Morgan fingerprint density at radius 2 is 1.78 bits per heavy atom. The van der Waals surface area contributed by atoms with E-state index in [4.69, 9.17) is 9.47 Å². The van der Waals surface area contributed by atoms with Crippen molar-refractivity contribution < 1.29 is 14.3 Å². The first-order valence-electron chi connectivity index (χ1n) is 10.9. The van der Waals surface area contributed by atoms with Crippen molar-refractivity contribution in [2.24, 2.45) is 11.8 Å². The van der Waals surface area contributed by atoms with Gasteiger partial charge < -0.3 is 14.4 Å². The number of benzene rings is 2. The number of ether oxygens (including phenoxy) is 2. The maximum Gasteiger partial charge on any atom is 0.233 e. The second-order valence-corrected chi connectivity index (χ2v) is 9.52. The molecule has 0 aliphatic carbocycles. The number of nitrogens with zero attached hydrogens (tertiary/aromatic N) is 4. The van der Waals surface area contributed by atoms with Crippen molar-refractivity contribution >= 4 is 17.7 Å². The zero-order valence-electron chi connectivity index (χ0n) is 18.2. The van der Waals surface area contributed by atoms with Gasteiger partial charge in [0.25, 0.3) is 0 Å². The zero-order chi connectivity index (χ0) is 22.1. The van der Waals surface area contributed by atoms with Crippen LogP contribution in [0.3, 0.4) is 0 Å². The summed E-state index contributed by atoms with van der Waals surface area (Å²) >= 11 is 1.43. The fourth-order valence-corrected chi connectivity index (χ4v) is 5.33. The van der Waals surface area contributed by atoms with E-state index in [2.05, 4.69) is 24.0 Å². The predicted molar refractivity (Wildman–Crippen MR) is 123 cm³/mol. The van der Waals surface area contributed by atoms with Crippen molar-refractivity contribution in [3.63, 3.8) is 0 Å². The van der Waals surface area contributed by atoms with Gasteiger partial charge in [0.15, 0.2) is 22.5 Å². The molecule has 1 aromatic heterocycles. The fourth-order valence-electron chi connectivity index (χ4n) is 4.48. The van der Waals surface area contributed by atoms with E-state index in [0.29, 0.717) is 34.3 Å². The van der Waals surface area contributed by atoms with Crippen molar-refractivity contribution in [1.29, 1.82) is 0 Å². The van der Waals surface area contributed by atoms with Crippen LogP contribution in [0.15, 0.2) is 53.7 Å². The van der Waals surface area contributed by atoms with Crippen molar-refractivity contribution in [2.45, 2.75) is 25.4 Å².